The first kappa shape index (κ1) is 34.9. The minimum Gasteiger partial charge on any atom is -0.508 e. The van der Waals surface area contributed by atoms with Gasteiger partial charge in [-0.3, -0.25) is 4.79 Å². The third-order valence-corrected chi connectivity index (χ3v) is 8.01. The summed E-state index contributed by atoms with van der Waals surface area (Å²) in [7, 11) is 1.83. The fourth-order valence-electron chi connectivity index (χ4n) is 5.46. The number of benzene rings is 4. The quantitative estimate of drug-likeness (QED) is 0.0917. The average molecular weight is 673 g/mol. The van der Waals surface area contributed by atoms with E-state index in [1.165, 1.54) is 12.1 Å². The van der Waals surface area contributed by atoms with Crippen molar-refractivity contribution < 1.29 is 51.5 Å². The molecule has 8 nitrogen and oxygen atoms in total. The Morgan fingerprint density at radius 2 is 1.48 bits per heavy atom. The Morgan fingerprint density at radius 3 is 2.10 bits per heavy atom. The smallest absolute Gasteiger partial charge is 0.257 e. The standard InChI is InChI=1S/C35H33F5N2O6/c1-42(17-26(45)23-3-2-4-24(44)13-23)16-25-14-27(21-9-7-20(18-43)8-10-21)48-35(47-25)22-11-5-19(6-12-22)15-41-34(46)28-29(36)31(38)33(40)32(39)30(28)37/h2-13,25-27,35,43-45H,14-18H2,1H3,(H,41,46)/t25-,26+,27+,35+/m0/s1. The number of aliphatic hydroxyl groups is 2. The number of carbonyl (C=O) groups excluding carboxylic acids is 1. The number of likely N-dealkylation sites (N-methyl/N-ethyl adjacent to an activating group) is 1. The van der Waals surface area contributed by atoms with Gasteiger partial charge in [-0.05, 0) is 41.4 Å². The minimum atomic E-state index is -2.35. The summed E-state index contributed by atoms with van der Waals surface area (Å²) in [4.78, 5) is 14.3. The Bertz CT molecular complexity index is 1710. The van der Waals surface area contributed by atoms with Crippen LogP contribution in [0.25, 0.3) is 0 Å². The highest BCUT2D eigenvalue weighted by molar-refractivity contribution is 5.94. The molecule has 0 saturated carbocycles. The van der Waals surface area contributed by atoms with Gasteiger partial charge in [-0.2, -0.15) is 0 Å². The van der Waals surface area contributed by atoms with Gasteiger partial charge in [-0.25, -0.2) is 22.0 Å². The summed E-state index contributed by atoms with van der Waals surface area (Å²) < 4.78 is 81.2. The maximum atomic E-state index is 14.0. The number of ether oxygens (including phenoxy) is 2. The second-order valence-corrected chi connectivity index (χ2v) is 11.6. The molecule has 0 spiro atoms. The molecule has 4 aromatic carbocycles. The zero-order chi connectivity index (χ0) is 34.5. The first-order chi connectivity index (χ1) is 22.9. The van der Waals surface area contributed by atoms with E-state index in [0.717, 1.165) is 11.1 Å². The molecule has 0 unspecified atom stereocenters. The van der Waals surface area contributed by atoms with E-state index in [9.17, 15) is 42.1 Å². The summed E-state index contributed by atoms with van der Waals surface area (Å²) >= 11 is 0. The molecule has 4 atom stereocenters. The van der Waals surface area contributed by atoms with E-state index >= 15 is 0 Å². The molecule has 1 fully saturated rings. The van der Waals surface area contributed by atoms with Gasteiger partial charge in [-0.15, -0.1) is 0 Å². The Labute approximate surface area is 273 Å². The van der Waals surface area contributed by atoms with Crippen LogP contribution in [0.1, 0.15) is 63.1 Å². The van der Waals surface area contributed by atoms with Crippen molar-refractivity contribution in [3.8, 4) is 5.75 Å². The monoisotopic (exact) mass is 672 g/mol. The summed E-state index contributed by atoms with van der Waals surface area (Å²) in [5.74, 6) is -12.6. The molecule has 1 saturated heterocycles. The van der Waals surface area contributed by atoms with Crippen molar-refractivity contribution in [2.75, 3.05) is 20.1 Å². The van der Waals surface area contributed by atoms with Crippen LogP contribution >= 0.6 is 0 Å². The van der Waals surface area contributed by atoms with Crippen molar-refractivity contribution in [2.24, 2.45) is 0 Å². The Kier molecular flexibility index (Phi) is 11.1. The highest BCUT2D eigenvalue weighted by Gasteiger charge is 2.33. The number of nitrogens with zero attached hydrogens (tertiary/aromatic N) is 1. The molecule has 0 aromatic heterocycles. The maximum Gasteiger partial charge on any atom is 0.257 e. The first-order valence-corrected chi connectivity index (χ1v) is 15.0. The maximum absolute atomic E-state index is 14.0. The Morgan fingerprint density at radius 1 is 0.875 bits per heavy atom. The summed E-state index contributed by atoms with van der Waals surface area (Å²) in [6, 6.07) is 20.2. The number of aliphatic hydroxyl groups excluding tert-OH is 2. The number of aromatic hydroxyl groups is 1. The molecule has 0 aliphatic carbocycles. The topological polar surface area (TPSA) is 111 Å². The molecule has 1 aliphatic rings. The number of amides is 1. The Balaban J connectivity index is 1.28. The largest absolute Gasteiger partial charge is 0.508 e. The molecule has 4 N–H and O–H groups in total. The fraction of sp³-hybridized carbons (Fsp3) is 0.286. The third-order valence-electron chi connectivity index (χ3n) is 8.01. The predicted molar refractivity (Wildman–Crippen MR) is 163 cm³/mol. The molecule has 1 heterocycles. The lowest BCUT2D eigenvalue weighted by molar-refractivity contribution is -0.252. The van der Waals surface area contributed by atoms with Gasteiger partial charge in [0, 0.05) is 31.6 Å². The van der Waals surface area contributed by atoms with Gasteiger partial charge in [0.2, 0.25) is 5.82 Å². The summed E-state index contributed by atoms with van der Waals surface area (Å²) in [5.41, 5.74) is 1.66. The SMILES string of the molecule is CN(C[C@@H]1C[C@H](c2ccc(CO)cc2)O[C@H](c2ccc(CNC(=O)c3c(F)c(F)c(F)c(F)c3F)cc2)O1)C[C@@H](O)c1cccc(O)c1. The van der Waals surface area contributed by atoms with E-state index in [1.54, 1.807) is 48.5 Å². The van der Waals surface area contributed by atoms with Crippen LogP contribution < -0.4 is 5.32 Å². The van der Waals surface area contributed by atoms with Gasteiger partial charge in [0.15, 0.2) is 29.6 Å². The van der Waals surface area contributed by atoms with Crippen LogP contribution in [0.3, 0.4) is 0 Å². The van der Waals surface area contributed by atoms with Crippen LogP contribution in [0.15, 0.2) is 72.8 Å². The lowest BCUT2D eigenvalue weighted by atomic mass is 9.99. The lowest BCUT2D eigenvalue weighted by Crippen LogP contribution is -2.39. The van der Waals surface area contributed by atoms with E-state index in [-0.39, 0.29) is 31.5 Å². The van der Waals surface area contributed by atoms with Crippen LogP contribution in [0.5, 0.6) is 5.75 Å². The number of carbonyl (C=O) groups is 1. The number of hydrogen-bond donors (Lipinski definition) is 4. The Hall–Kier alpha value is -4.40. The number of phenols is 1. The highest BCUT2D eigenvalue weighted by atomic mass is 19.2. The second kappa shape index (κ2) is 15.2. The van der Waals surface area contributed by atoms with Crippen LogP contribution in [-0.4, -0.2) is 52.4 Å². The molecule has 1 amide bonds. The van der Waals surface area contributed by atoms with E-state index in [1.807, 2.05) is 24.1 Å². The van der Waals surface area contributed by atoms with Crippen LogP contribution in [0.4, 0.5) is 22.0 Å². The second-order valence-electron chi connectivity index (χ2n) is 11.6. The molecular formula is C35H33F5N2O6. The van der Waals surface area contributed by atoms with Gasteiger partial charge in [-0.1, -0.05) is 60.7 Å². The van der Waals surface area contributed by atoms with Gasteiger partial charge in [0.25, 0.3) is 5.91 Å². The van der Waals surface area contributed by atoms with Crippen molar-refractivity contribution in [1.82, 2.24) is 10.2 Å². The van der Waals surface area contributed by atoms with Gasteiger partial charge in [0.1, 0.15) is 11.3 Å². The normalized spacial score (nSPS) is 18.6. The summed E-state index contributed by atoms with van der Waals surface area (Å²) in [6.45, 7) is 0.291. The van der Waals surface area contributed by atoms with Crippen LogP contribution in [-0.2, 0) is 22.6 Å². The van der Waals surface area contributed by atoms with Gasteiger partial charge < -0.3 is 35.0 Å². The molecule has 4 aromatic rings. The van der Waals surface area contributed by atoms with E-state index in [4.69, 9.17) is 9.47 Å². The number of phenolic OH excluding ortho intramolecular Hbond substituents is 1. The molecule has 48 heavy (non-hydrogen) atoms. The van der Waals surface area contributed by atoms with Crippen molar-refractivity contribution in [2.45, 2.75) is 44.2 Å². The van der Waals surface area contributed by atoms with Gasteiger partial charge in [0.05, 0.1) is 24.9 Å². The average Bonchev–Trinajstić information content (AvgIpc) is 3.09. The van der Waals surface area contributed by atoms with Gasteiger partial charge >= 0.3 is 0 Å². The summed E-state index contributed by atoms with van der Waals surface area (Å²) in [6.07, 6.45) is -1.98. The van der Waals surface area contributed by atoms with E-state index in [2.05, 4.69) is 5.32 Å². The van der Waals surface area contributed by atoms with Crippen LogP contribution in [0.2, 0.25) is 0 Å². The van der Waals surface area contributed by atoms with Crippen molar-refractivity contribution in [3.05, 3.63) is 135 Å². The molecule has 254 valence electrons. The third kappa shape index (κ3) is 8.00. The number of halogens is 5. The molecule has 1 aliphatic heterocycles. The fourth-order valence-corrected chi connectivity index (χ4v) is 5.46. The van der Waals surface area contributed by atoms with Crippen molar-refractivity contribution >= 4 is 5.91 Å². The molecule has 5 rings (SSSR count). The highest BCUT2D eigenvalue weighted by Crippen LogP contribution is 2.38. The lowest BCUT2D eigenvalue weighted by Gasteiger charge is -2.38. The van der Waals surface area contributed by atoms with Crippen molar-refractivity contribution in [3.63, 3.8) is 0 Å². The summed E-state index contributed by atoms with van der Waals surface area (Å²) in [5, 5.41) is 32.1. The zero-order valence-electron chi connectivity index (χ0n) is 25.7. The first-order valence-electron chi connectivity index (χ1n) is 15.0. The predicted octanol–water partition coefficient (Wildman–Crippen LogP) is 5.72. The zero-order valence-corrected chi connectivity index (χ0v) is 25.7. The molecule has 0 bridgehead atoms. The minimum absolute atomic E-state index is 0.0507. The van der Waals surface area contributed by atoms with Crippen LogP contribution in [0, 0.1) is 29.1 Å². The number of rotatable bonds is 11. The van der Waals surface area contributed by atoms with E-state index < -0.39 is 59.1 Å². The number of nitrogens with one attached hydrogen (secondary N) is 1. The van der Waals surface area contributed by atoms with Crippen molar-refractivity contribution in [1.29, 1.82) is 0 Å². The molecule has 13 heteroatoms. The molecular weight excluding hydrogens is 639 g/mol. The molecule has 0 radical (unpaired) electrons. The van der Waals surface area contributed by atoms with E-state index in [0.29, 0.717) is 29.7 Å². The number of hydrogen-bond acceptors (Lipinski definition) is 7.